The summed E-state index contributed by atoms with van der Waals surface area (Å²) in [5, 5.41) is 13.1. The summed E-state index contributed by atoms with van der Waals surface area (Å²) in [4.78, 5) is 42.6. The van der Waals surface area contributed by atoms with Crippen molar-refractivity contribution in [2.45, 2.75) is 37.1 Å². The Morgan fingerprint density at radius 2 is 1.81 bits per heavy atom. The van der Waals surface area contributed by atoms with Gasteiger partial charge < -0.3 is 30.7 Å². The Labute approximate surface area is 249 Å². The summed E-state index contributed by atoms with van der Waals surface area (Å²) in [5.41, 5.74) is 6.02. The second kappa shape index (κ2) is 10.8. The summed E-state index contributed by atoms with van der Waals surface area (Å²) in [7, 11) is 0. The Morgan fingerprint density at radius 1 is 1.09 bits per heavy atom. The minimum atomic E-state index is -3.17. The number of nitrogens with one attached hydrogen (secondary N) is 3. The van der Waals surface area contributed by atoms with E-state index < -0.39 is 48.1 Å². The van der Waals surface area contributed by atoms with Crippen molar-refractivity contribution in [3.8, 4) is 11.1 Å². The van der Waals surface area contributed by atoms with Crippen molar-refractivity contribution in [1.82, 2.24) is 15.5 Å². The molecule has 0 saturated carbocycles. The lowest BCUT2D eigenvalue weighted by Gasteiger charge is -2.25. The first-order valence-electron chi connectivity index (χ1n) is 13.7. The summed E-state index contributed by atoms with van der Waals surface area (Å²) in [6.45, 7) is 2.02. The van der Waals surface area contributed by atoms with Gasteiger partial charge in [-0.15, -0.1) is 11.3 Å². The molecule has 3 aliphatic rings. The van der Waals surface area contributed by atoms with Crippen LogP contribution in [0.2, 0.25) is 0 Å². The third-order valence-corrected chi connectivity index (χ3v) is 9.28. The number of hydrogen-bond donors (Lipinski definition) is 4. The Hall–Kier alpha value is -4.20. The number of halogens is 2. The largest absolute Gasteiger partial charge is 0.383 e. The lowest BCUT2D eigenvalue weighted by molar-refractivity contribution is -0.152. The first-order valence-corrected chi connectivity index (χ1v) is 14.5. The maximum atomic E-state index is 14.9. The maximum Gasteiger partial charge on any atom is 0.299 e. The van der Waals surface area contributed by atoms with Crippen LogP contribution in [-0.2, 0) is 25.0 Å². The second-order valence-electron chi connectivity index (χ2n) is 10.8. The van der Waals surface area contributed by atoms with Gasteiger partial charge in [0.2, 0.25) is 11.8 Å². The summed E-state index contributed by atoms with van der Waals surface area (Å²) >= 11 is 1.29. The number of fused-ring (bicyclic) bond motifs is 3. The zero-order chi connectivity index (χ0) is 30.5. The molecule has 0 radical (unpaired) electrons. The van der Waals surface area contributed by atoms with Gasteiger partial charge >= 0.3 is 0 Å². The van der Waals surface area contributed by atoms with Gasteiger partial charge in [-0.1, -0.05) is 30.3 Å². The van der Waals surface area contributed by atoms with E-state index in [1.54, 1.807) is 37.3 Å². The number of carbonyl (C=O) groups is 3. The highest BCUT2D eigenvalue weighted by Gasteiger charge is 2.52. The molecule has 10 nitrogen and oxygen atoms in total. The van der Waals surface area contributed by atoms with Gasteiger partial charge in [-0.05, 0) is 42.3 Å². The molecule has 3 heterocycles. The Morgan fingerprint density at radius 3 is 2.53 bits per heavy atom. The van der Waals surface area contributed by atoms with Crippen molar-refractivity contribution in [3.63, 3.8) is 0 Å². The van der Waals surface area contributed by atoms with Gasteiger partial charge in [0.25, 0.3) is 11.8 Å². The Balaban J connectivity index is 1.15. The van der Waals surface area contributed by atoms with Crippen LogP contribution in [-0.4, -0.2) is 66.6 Å². The molecular formula is C30H29F2N5O5S. The first kappa shape index (κ1) is 28.9. The first-order chi connectivity index (χ1) is 20.5. The molecule has 2 atom stereocenters. The summed E-state index contributed by atoms with van der Waals surface area (Å²) in [6.07, 6.45) is 0.118. The number of nitrogen functional groups attached to an aromatic ring is 1. The number of alkyl halides is 2. The molecule has 2 aliphatic heterocycles. The molecule has 0 unspecified atom stereocenters. The minimum absolute atomic E-state index is 0.00632. The molecular weight excluding hydrogens is 580 g/mol. The molecule has 2 aromatic carbocycles. The van der Waals surface area contributed by atoms with Gasteiger partial charge in [-0.3, -0.25) is 19.8 Å². The molecule has 3 amide bonds. The molecule has 1 aliphatic carbocycles. The van der Waals surface area contributed by atoms with E-state index in [9.17, 15) is 23.2 Å². The normalized spacial score (nSPS) is 20.0. The number of nitrogens with zero attached hydrogens (tertiary/aromatic N) is 1. The molecule has 2 saturated heterocycles. The maximum absolute atomic E-state index is 14.9. The van der Waals surface area contributed by atoms with Gasteiger partial charge in [0.15, 0.2) is 5.79 Å². The van der Waals surface area contributed by atoms with E-state index in [4.69, 9.17) is 20.6 Å². The SMILES string of the molecule is C[C@@H](NC(=O)[C@@H]1CC2(CN1C(=O)CNC(=O)c1ccc3c(c1)-c1ccccc1C3(F)F)OCCO2)c1ccc(C(=N)N)s1. The van der Waals surface area contributed by atoms with E-state index in [2.05, 4.69) is 10.6 Å². The number of ether oxygens (including phenoxy) is 2. The van der Waals surface area contributed by atoms with Gasteiger partial charge in [0.05, 0.1) is 37.2 Å². The zero-order valence-corrected chi connectivity index (χ0v) is 23.9. The molecule has 3 aromatic rings. The van der Waals surface area contributed by atoms with Crippen LogP contribution in [0.1, 0.15) is 50.6 Å². The number of amidine groups is 1. The number of amides is 3. The van der Waals surface area contributed by atoms with Crippen LogP contribution >= 0.6 is 11.3 Å². The molecule has 2 fully saturated rings. The predicted octanol–water partition coefficient (Wildman–Crippen LogP) is 3.10. The van der Waals surface area contributed by atoms with E-state index in [0.29, 0.717) is 23.7 Å². The third kappa shape index (κ3) is 5.17. The van der Waals surface area contributed by atoms with Crippen LogP contribution in [0, 0.1) is 5.41 Å². The molecule has 0 bridgehead atoms. The van der Waals surface area contributed by atoms with E-state index in [-0.39, 0.29) is 41.1 Å². The van der Waals surface area contributed by atoms with Crippen molar-refractivity contribution >= 4 is 34.9 Å². The van der Waals surface area contributed by atoms with Crippen LogP contribution in [0.25, 0.3) is 11.1 Å². The lowest BCUT2D eigenvalue weighted by Crippen LogP contribution is -2.49. The lowest BCUT2D eigenvalue weighted by atomic mass is 10.0. The molecule has 43 heavy (non-hydrogen) atoms. The summed E-state index contributed by atoms with van der Waals surface area (Å²) in [6, 6.07) is 12.3. The van der Waals surface area contributed by atoms with E-state index in [1.165, 1.54) is 40.5 Å². The summed E-state index contributed by atoms with van der Waals surface area (Å²) in [5.74, 6) is -5.90. The fraction of sp³-hybridized carbons (Fsp3) is 0.333. The number of benzene rings is 2. The van der Waals surface area contributed by atoms with Crippen molar-refractivity contribution in [3.05, 3.63) is 81.0 Å². The number of hydrogen-bond acceptors (Lipinski definition) is 7. The zero-order valence-electron chi connectivity index (χ0n) is 23.1. The fourth-order valence-electron chi connectivity index (χ4n) is 5.83. The van der Waals surface area contributed by atoms with Crippen LogP contribution in [0.5, 0.6) is 0 Å². The number of nitrogens with two attached hydrogens (primary N) is 1. The van der Waals surface area contributed by atoms with Gasteiger partial charge in [0, 0.05) is 28.0 Å². The Bertz CT molecular complexity index is 1640. The number of likely N-dealkylation sites (tertiary alicyclic amines) is 1. The van der Waals surface area contributed by atoms with Crippen molar-refractivity contribution in [1.29, 1.82) is 5.41 Å². The average Bonchev–Trinajstić information content (AvgIpc) is 3.78. The third-order valence-electron chi connectivity index (χ3n) is 7.98. The van der Waals surface area contributed by atoms with Crippen molar-refractivity contribution < 1.29 is 32.6 Å². The molecule has 224 valence electrons. The number of rotatable bonds is 7. The molecule has 13 heteroatoms. The molecule has 6 rings (SSSR count). The van der Waals surface area contributed by atoms with E-state index >= 15 is 0 Å². The van der Waals surface area contributed by atoms with Crippen molar-refractivity contribution in [2.75, 3.05) is 26.3 Å². The summed E-state index contributed by atoms with van der Waals surface area (Å²) < 4.78 is 41.4. The highest BCUT2D eigenvalue weighted by molar-refractivity contribution is 7.14. The average molecular weight is 610 g/mol. The predicted molar refractivity (Wildman–Crippen MR) is 154 cm³/mol. The number of carbonyl (C=O) groups excluding carboxylic acids is 3. The monoisotopic (exact) mass is 609 g/mol. The molecule has 1 aromatic heterocycles. The van der Waals surface area contributed by atoms with Crippen LogP contribution in [0.3, 0.4) is 0 Å². The minimum Gasteiger partial charge on any atom is -0.383 e. The van der Waals surface area contributed by atoms with Crippen LogP contribution in [0.4, 0.5) is 8.78 Å². The highest BCUT2D eigenvalue weighted by Crippen LogP contribution is 2.51. The van der Waals surface area contributed by atoms with Gasteiger partial charge in [-0.25, -0.2) is 0 Å². The van der Waals surface area contributed by atoms with Gasteiger partial charge in [0.1, 0.15) is 11.9 Å². The van der Waals surface area contributed by atoms with E-state index in [0.717, 1.165) is 4.88 Å². The quantitative estimate of drug-likeness (QED) is 0.239. The standard InChI is InChI=1S/C30H29F2N5O5S/c1-16(23-8-9-24(43-23)26(33)34)36-28(40)22-13-29(41-10-11-42-29)15-37(22)25(38)14-35-27(39)17-6-7-21-19(12-17)18-4-2-3-5-20(18)30(21,31)32/h2-9,12,16,22H,10-11,13-15H2,1H3,(H3,33,34)(H,35,39)(H,36,40)/t16-,22+/m1/s1. The van der Waals surface area contributed by atoms with Gasteiger partial charge in [-0.2, -0.15) is 8.78 Å². The molecule has 5 N–H and O–H groups in total. The van der Waals surface area contributed by atoms with Crippen LogP contribution in [0.15, 0.2) is 54.6 Å². The second-order valence-corrected chi connectivity index (χ2v) is 11.9. The highest BCUT2D eigenvalue weighted by atomic mass is 32.1. The van der Waals surface area contributed by atoms with Crippen molar-refractivity contribution in [2.24, 2.45) is 5.73 Å². The van der Waals surface area contributed by atoms with Crippen LogP contribution < -0.4 is 16.4 Å². The Kier molecular flexibility index (Phi) is 7.27. The topological polar surface area (TPSA) is 147 Å². The number of thiophene rings is 1. The molecule has 1 spiro atoms. The fourth-order valence-corrected chi connectivity index (χ4v) is 6.70. The van der Waals surface area contributed by atoms with E-state index in [1.807, 2.05) is 0 Å². The smallest absolute Gasteiger partial charge is 0.299 e.